The molecule has 2 aromatic carbocycles. The standard InChI is InChI=1S/C26H31N5O/c1-17(2)26-27-22-11-10-21(24-18(3)28-29-30(24)4)16-23(22)31(26)25(19-8-6-5-7-9-19)20-12-14-32-15-13-20/h5-11,16-17,20,25H,12-15H2,1-4H3/t25-/m1/s1. The minimum atomic E-state index is 0.225. The lowest BCUT2D eigenvalue weighted by molar-refractivity contribution is 0.0543. The third kappa shape index (κ3) is 3.62. The summed E-state index contributed by atoms with van der Waals surface area (Å²) in [4.78, 5) is 5.11. The summed E-state index contributed by atoms with van der Waals surface area (Å²) in [6, 6.07) is 17.7. The Hall–Kier alpha value is -2.99. The zero-order valence-electron chi connectivity index (χ0n) is 19.3. The van der Waals surface area contributed by atoms with E-state index < -0.39 is 0 Å². The van der Waals surface area contributed by atoms with Crippen LogP contribution in [0.2, 0.25) is 0 Å². The molecule has 0 N–H and O–H groups in total. The zero-order valence-corrected chi connectivity index (χ0v) is 19.3. The highest BCUT2D eigenvalue weighted by molar-refractivity contribution is 5.83. The average molecular weight is 430 g/mol. The second-order valence-electron chi connectivity index (χ2n) is 9.15. The normalized spacial score (nSPS) is 16.2. The highest BCUT2D eigenvalue weighted by Gasteiger charge is 2.31. The summed E-state index contributed by atoms with van der Waals surface area (Å²) >= 11 is 0. The summed E-state index contributed by atoms with van der Waals surface area (Å²) in [5, 5.41) is 8.48. The Bertz CT molecular complexity index is 1200. The fourth-order valence-electron chi connectivity index (χ4n) is 5.13. The van der Waals surface area contributed by atoms with Gasteiger partial charge in [-0.15, -0.1) is 5.10 Å². The topological polar surface area (TPSA) is 57.8 Å². The molecule has 0 unspecified atom stereocenters. The second-order valence-corrected chi connectivity index (χ2v) is 9.15. The highest BCUT2D eigenvalue weighted by Crippen LogP contribution is 2.39. The first kappa shape index (κ1) is 20.9. The lowest BCUT2D eigenvalue weighted by atomic mass is 9.86. The molecule has 0 amide bonds. The van der Waals surface area contributed by atoms with E-state index in [-0.39, 0.29) is 6.04 Å². The van der Waals surface area contributed by atoms with Crippen LogP contribution in [0.25, 0.3) is 22.3 Å². The molecule has 166 valence electrons. The summed E-state index contributed by atoms with van der Waals surface area (Å²) in [6.07, 6.45) is 2.11. The summed E-state index contributed by atoms with van der Waals surface area (Å²) in [5.74, 6) is 1.96. The van der Waals surface area contributed by atoms with Crippen LogP contribution in [-0.4, -0.2) is 37.8 Å². The number of imidazole rings is 1. The van der Waals surface area contributed by atoms with Gasteiger partial charge >= 0.3 is 0 Å². The van der Waals surface area contributed by atoms with Crippen molar-refractivity contribution in [2.45, 2.75) is 45.6 Å². The van der Waals surface area contributed by atoms with Gasteiger partial charge in [0, 0.05) is 31.7 Å². The van der Waals surface area contributed by atoms with Gasteiger partial charge in [-0.2, -0.15) is 0 Å². The molecule has 1 saturated heterocycles. The van der Waals surface area contributed by atoms with Crippen LogP contribution >= 0.6 is 0 Å². The molecule has 0 radical (unpaired) electrons. The first-order valence-electron chi connectivity index (χ1n) is 11.6. The van der Waals surface area contributed by atoms with E-state index in [1.54, 1.807) is 0 Å². The predicted octanol–water partition coefficient (Wildman–Crippen LogP) is 5.28. The molecule has 3 heterocycles. The van der Waals surface area contributed by atoms with E-state index in [1.165, 1.54) is 11.1 Å². The van der Waals surface area contributed by atoms with Crippen molar-refractivity contribution in [3.63, 3.8) is 0 Å². The molecule has 1 fully saturated rings. The molecule has 6 heteroatoms. The molecule has 0 aliphatic carbocycles. The number of aromatic nitrogens is 5. The number of rotatable bonds is 5. The monoisotopic (exact) mass is 429 g/mol. The number of aryl methyl sites for hydroxylation is 2. The maximum Gasteiger partial charge on any atom is 0.113 e. The molecular formula is C26H31N5O. The van der Waals surface area contributed by atoms with E-state index in [9.17, 15) is 0 Å². The van der Waals surface area contributed by atoms with E-state index in [1.807, 2.05) is 18.7 Å². The van der Waals surface area contributed by atoms with Gasteiger partial charge in [0.2, 0.25) is 0 Å². The molecule has 32 heavy (non-hydrogen) atoms. The number of ether oxygens (including phenoxy) is 1. The van der Waals surface area contributed by atoms with E-state index in [0.717, 1.165) is 54.3 Å². The second kappa shape index (κ2) is 8.51. The third-order valence-corrected chi connectivity index (χ3v) is 6.63. The zero-order chi connectivity index (χ0) is 22.2. The fourth-order valence-corrected chi connectivity index (χ4v) is 5.13. The first-order valence-corrected chi connectivity index (χ1v) is 11.6. The Kier molecular flexibility index (Phi) is 5.55. The summed E-state index contributed by atoms with van der Waals surface area (Å²) < 4.78 is 10.1. The molecule has 1 atom stereocenters. The molecule has 0 spiro atoms. The minimum absolute atomic E-state index is 0.225. The van der Waals surface area contributed by atoms with Gasteiger partial charge in [0.1, 0.15) is 5.82 Å². The summed E-state index contributed by atoms with van der Waals surface area (Å²) in [7, 11) is 1.95. The van der Waals surface area contributed by atoms with Gasteiger partial charge in [0.25, 0.3) is 0 Å². The maximum absolute atomic E-state index is 5.72. The van der Waals surface area contributed by atoms with Crippen LogP contribution in [-0.2, 0) is 11.8 Å². The highest BCUT2D eigenvalue weighted by atomic mass is 16.5. The van der Waals surface area contributed by atoms with Crippen LogP contribution in [0, 0.1) is 12.8 Å². The molecule has 4 aromatic rings. The van der Waals surface area contributed by atoms with Crippen LogP contribution in [0.4, 0.5) is 0 Å². The average Bonchev–Trinajstić information content (AvgIpc) is 3.35. The molecule has 0 saturated carbocycles. The van der Waals surface area contributed by atoms with E-state index >= 15 is 0 Å². The summed E-state index contributed by atoms with van der Waals surface area (Å²) in [5.41, 5.74) is 6.66. The largest absolute Gasteiger partial charge is 0.381 e. The Morgan fingerprint density at radius 1 is 1.03 bits per heavy atom. The van der Waals surface area contributed by atoms with Crippen molar-refractivity contribution < 1.29 is 4.74 Å². The molecule has 6 nitrogen and oxygen atoms in total. The van der Waals surface area contributed by atoms with Gasteiger partial charge in [0.15, 0.2) is 0 Å². The van der Waals surface area contributed by atoms with Crippen LogP contribution in [0.3, 0.4) is 0 Å². The van der Waals surface area contributed by atoms with E-state index in [4.69, 9.17) is 9.72 Å². The van der Waals surface area contributed by atoms with Crippen LogP contribution in [0.15, 0.2) is 48.5 Å². The van der Waals surface area contributed by atoms with Gasteiger partial charge < -0.3 is 9.30 Å². The lowest BCUT2D eigenvalue weighted by Crippen LogP contribution is -2.28. The number of hydrogen-bond donors (Lipinski definition) is 0. The predicted molar refractivity (Wildman–Crippen MR) is 127 cm³/mol. The molecule has 0 bridgehead atoms. The first-order chi connectivity index (χ1) is 15.5. The van der Waals surface area contributed by atoms with Gasteiger partial charge in [-0.3, -0.25) is 0 Å². The van der Waals surface area contributed by atoms with Crippen LogP contribution < -0.4 is 0 Å². The number of hydrogen-bond acceptors (Lipinski definition) is 4. The molecule has 1 aliphatic rings. The van der Waals surface area contributed by atoms with Crippen LogP contribution in [0.5, 0.6) is 0 Å². The molecular weight excluding hydrogens is 398 g/mol. The van der Waals surface area contributed by atoms with Crippen LogP contribution in [0.1, 0.15) is 55.7 Å². The molecule has 5 rings (SSSR count). The Morgan fingerprint density at radius 3 is 2.44 bits per heavy atom. The van der Waals surface area contributed by atoms with Gasteiger partial charge in [-0.25, -0.2) is 9.67 Å². The smallest absolute Gasteiger partial charge is 0.113 e. The SMILES string of the molecule is Cc1nnn(C)c1-c1ccc2nc(C(C)C)n([C@H](c3ccccc3)C3CCOCC3)c2c1. The maximum atomic E-state index is 5.72. The van der Waals surface area contributed by atoms with Gasteiger partial charge in [-0.1, -0.05) is 55.5 Å². The third-order valence-electron chi connectivity index (χ3n) is 6.63. The van der Waals surface area contributed by atoms with Crippen molar-refractivity contribution in [3.8, 4) is 11.3 Å². The Morgan fingerprint density at radius 2 is 1.78 bits per heavy atom. The van der Waals surface area contributed by atoms with E-state index in [0.29, 0.717) is 11.8 Å². The fraction of sp³-hybridized carbons (Fsp3) is 0.423. The van der Waals surface area contributed by atoms with Crippen molar-refractivity contribution in [1.29, 1.82) is 0 Å². The van der Waals surface area contributed by atoms with Crippen molar-refractivity contribution in [2.75, 3.05) is 13.2 Å². The van der Waals surface area contributed by atoms with Gasteiger partial charge in [0.05, 0.1) is 28.5 Å². The Labute approximate surface area is 189 Å². The van der Waals surface area contributed by atoms with Crippen molar-refractivity contribution in [3.05, 3.63) is 65.6 Å². The van der Waals surface area contributed by atoms with E-state index in [2.05, 4.69) is 77.3 Å². The van der Waals surface area contributed by atoms with Gasteiger partial charge in [-0.05, 0) is 43.4 Å². The number of nitrogens with zero attached hydrogens (tertiary/aromatic N) is 5. The number of fused-ring (bicyclic) bond motifs is 1. The lowest BCUT2D eigenvalue weighted by Gasteiger charge is -2.33. The minimum Gasteiger partial charge on any atom is -0.381 e. The quantitative estimate of drug-likeness (QED) is 0.433. The molecule has 1 aliphatic heterocycles. The van der Waals surface area contributed by atoms with Crippen molar-refractivity contribution in [1.82, 2.24) is 24.5 Å². The number of benzene rings is 2. The summed E-state index contributed by atoms with van der Waals surface area (Å²) in [6.45, 7) is 8.13. The van der Waals surface area contributed by atoms with Crippen molar-refractivity contribution >= 4 is 11.0 Å². The van der Waals surface area contributed by atoms with Crippen molar-refractivity contribution in [2.24, 2.45) is 13.0 Å². The Balaban J connectivity index is 1.75. The molecule has 2 aromatic heterocycles.